The number of nitrogens with one attached hydrogen (secondary N) is 1. The van der Waals surface area contributed by atoms with Crippen LogP contribution in [0.1, 0.15) is 56.5 Å². The second-order valence-electron chi connectivity index (χ2n) is 7.41. The predicted molar refractivity (Wildman–Crippen MR) is 87.4 cm³/mol. The van der Waals surface area contributed by atoms with Crippen molar-refractivity contribution in [3.05, 3.63) is 29.3 Å². The largest absolute Gasteiger partial charge is 0.495 e. The van der Waals surface area contributed by atoms with Crippen LogP contribution in [0.5, 0.6) is 0 Å². The Bertz CT molecular complexity index is 592. The van der Waals surface area contributed by atoms with E-state index in [-0.39, 0.29) is 24.2 Å². The van der Waals surface area contributed by atoms with Crippen LogP contribution in [0.25, 0.3) is 0 Å². The molecule has 1 aliphatic carbocycles. The van der Waals surface area contributed by atoms with Crippen LogP contribution >= 0.6 is 0 Å². The molecule has 22 heavy (non-hydrogen) atoms. The first-order valence-electron chi connectivity index (χ1n) is 7.97. The lowest BCUT2D eigenvalue weighted by molar-refractivity contribution is 0.00578. The molecule has 2 aliphatic rings. The number of carbonyl (C=O) groups excluding carboxylic acids is 1. The molecule has 1 amide bonds. The van der Waals surface area contributed by atoms with Gasteiger partial charge < -0.3 is 14.6 Å². The summed E-state index contributed by atoms with van der Waals surface area (Å²) in [5, 5.41) is 3.01. The number of aryl methyl sites for hydroxylation is 1. The molecule has 4 nitrogen and oxygen atoms in total. The van der Waals surface area contributed by atoms with E-state index in [1.165, 1.54) is 0 Å². The second kappa shape index (κ2) is 5.10. The molecule has 1 aliphatic heterocycles. The zero-order valence-electron chi connectivity index (χ0n) is 14.0. The SMILES string of the molecule is Cc1cc(C(=O)NC2CC2)ccc1B1OC(C)(C)C(C)(C)O1. The van der Waals surface area contributed by atoms with Crippen LogP contribution in [0.3, 0.4) is 0 Å². The Kier molecular flexibility index (Phi) is 3.61. The Morgan fingerprint density at radius 2 is 1.77 bits per heavy atom. The van der Waals surface area contributed by atoms with Crippen molar-refractivity contribution in [3.8, 4) is 0 Å². The van der Waals surface area contributed by atoms with Crippen molar-refractivity contribution in [3.63, 3.8) is 0 Å². The number of benzene rings is 1. The molecule has 3 rings (SSSR count). The summed E-state index contributed by atoms with van der Waals surface area (Å²) in [7, 11) is -0.384. The van der Waals surface area contributed by atoms with E-state index < -0.39 is 0 Å². The minimum absolute atomic E-state index is 0.00562. The van der Waals surface area contributed by atoms with Gasteiger partial charge in [-0.3, -0.25) is 4.79 Å². The number of rotatable bonds is 3. The number of amides is 1. The number of hydrogen-bond donors (Lipinski definition) is 1. The fourth-order valence-electron chi connectivity index (χ4n) is 2.55. The van der Waals surface area contributed by atoms with Gasteiger partial charge in [-0.05, 0) is 65.1 Å². The first-order chi connectivity index (χ1) is 10.2. The molecule has 1 saturated carbocycles. The van der Waals surface area contributed by atoms with Crippen LogP contribution < -0.4 is 10.8 Å². The Morgan fingerprint density at radius 1 is 1.18 bits per heavy atom. The molecule has 0 aromatic heterocycles. The molecule has 1 saturated heterocycles. The van der Waals surface area contributed by atoms with Crippen molar-refractivity contribution in [1.29, 1.82) is 0 Å². The zero-order valence-corrected chi connectivity index (χ0v) is 14.0. The van der Waals surface area contributed by atoms with Crippen LogP contribution in [0.2, 0.25) is 0 Å². The van der Waals surface area contributed by atoms with E-state index in [1.807, 2.05) is 52.8 Å². The quantitative estimate of drug-likeness (QED) is 0.871. The standard InChI is InChI=1S/C17H24BNO3/c1-11-10-12(15(20)19-13-7-8-13)6-9-14(11)18-21-16(2,3)17(4,5)22-18/h6,9-10,13H,7-8H2,1-5H3,(H,19,20). The minimum Gasteiger partial charge on any atom is -0.399 e. The highest BCUT2D eigenvalue weighted by atomic mass is 16.7. The average molecular weight is 301 g/mol. The summed E-state index contributed by atoms with van der Waals surface area (Å²) in [6.45, 7) is 10.2. The van der Waals surface area contributed by atoms with Gasteiger partial charge in [0.05, 0.1) is 11.2 Å². The Morgan fingerprint density at radius 3 is 2.27 bits per heavy atom. The lowest BCUT2D eigenvalue weighted by Gasteiger charge is -2.32. The van der Waals surface area contributed by atoms with E-state index in [4.69, 9.17) is 9.31 Å². The van der Waals surface area contributed by atoms with Gasteiger partial charge in [0.1, 0.15) is 0 Å². The first kappa shape index (κ1) is 15.6. The van der Waals surface area contributed by atoms with Gasteiger partial charge in [0, 0.05) is 11.6 Å². The Labute approximate surface area is 132 Å². The summed E-state index contributed by atoms with van der Waals surface area (Å²) in [4.78, 5) is 12.1. The van der Waals surface area contributed by atoms with E-state index in [1.54, 1.807) is 0 Å². The Hall–Kier alpha value is -1.33. The van der Waals surface area contributed by atoms with Crippen LogP contribution in [-0.4, -0.2) is 30.3 Å². The molecule has 118 valence electrons. The molecule has 5 heteroatoms. The predicted octanol–water partition coefficient (Wildman–Crippen LogP) is 2.19. The first-order valence-corrected chi connectivity index (χ1v) is 7.97. The van der Waals surface area contributed by atoms with Crippen LogP contribution in [-0.2, 0) is 9.31 Å². The van der Waals surface area contributed by atoms with E-state index in [0.717, 1.165) is 23.9 Å². The zero-order chi connectivity index (χ0) is 16.1. The fourth-order valence-corrected chi connectivity index (χ4v) is 2.55. The lowest BCUT2D eigenvalue weighted by atomic mass is 9.76. The van der Waals surface area contributed by atoms with E-state index in [0.29, 0.717) is 11.6 Å². The lowest BCUT2D eigenvalue weighted by Crippen LogP contribution is -2.41. The van der Waals surface area contributed by atoms with E-state index >= 15 is 0 Å². The second-order valence-corrected chi connectivity index (χ2v) is 7.41. The topological polar surface area (TPSA) is 47.6 Å². The van der Waals surface area contributed by atoms with Gasteiger partial charge in [0.25, 0.3) is 5.91 Å². The van der Waals surface area contributed by atoms with Gasteiger partial charge in [-0.2, -0.15) is 0 Å². The summed E-state index contributed by atoms with van der Waals surface area (Å²) in [5.41, 5.74) is 1.99. The molecule has 0 radical (unpaired) electrons. The smallest absolute Gasteiger partial charge is 0.399 e. The third kappa shape index (κ3) is 2.80. The van der Waals surface area contributed by atoms with Crippen molar-refractivity contribution < 1.29 is 14.1 Å². The molecular formula is C17H24BNO3. The maximum atomic E-state index is 12.1. The summed E-state index contributed by atoms with van der Waals surface area (Å²) in [6.07, 6.45) is 2.19. The van der Waals surface area contributed by atoms with Crippen molar-refractivity contribution in [2.45, 2.75) is 64.7 Å². The molecule has 1 heterocycles. The van der Waals surface area contributed by atoms with Gasteiger partial charge in [-0.25, -0.2) is 0 Å². The summed E-state index contributed by atoms with van der Waals surface area (Å²) in [5.74, 6) is 0.00562. The van der Waals surface area contributed by atoms with Crippen LogP contribution in [0.15, 0.2) is 18.2 Å². The molecule has 0 bridgehead atoms. The molecule has 1 N–H and O–H groups in total. The normalized spacial score (nSPS) is 22.7. The molecule has 1 aromatic rings. The average Bonchev–Trinajstić information content (AvgIpc) is 3.17. The highest BCUT2D eigenvalue weighted by Crippen LogP contribution is 2.36. The van der Waals surface area contributed by atoms with Gasteiger partial charge in [-0.15, -0.1) is 0 Å². The maximum Gasteiger partial charge on any atom is 0.495 e. The molecular weight excluding hydrogens is 277 g/mol. The van der Waals surface area contributed by atoms with Gasteiger partial charge in [0.15, 0.2) is 0 Å². The molecule has 0 spiro atoms. The van der Waals surface area contributed by atoms with E-state index in [9.17, 15) is 4.79 Å². The van der Waals surface area contributed by atoms with Gasteiger partial charge in [-0.1, -0.05) is 11.6 Å². The van der Waals surface area contributed by atoms with Crippen molar-refractivity contribution >= 4 is 18.5 Å². The molecule has 1 aromatic carbocycles. The number of hydrogen-bond acceptors (Lipinski definition) is 3. The summed E-state index contributed by atoms with van der Waals surface area (Å²) >= 11 is 0. The minimum atomic E-state index is -0.384. The van der Waals surface area contributed by atoms with Gasteiger partial charge in [0.2, 0.25) is 0 Å². The van der Waals surface area contributed by atoms with Gasteiger partial charge >= 0.3 is 7.12 Å². The summed E-state index contributed by atoms with van der Waals surface area (Å²) < 4.78 is 12.2. The summed E-state index contributed by atoms with van der Waals surface area (Å²) in [6, 6.07) is 6.08. The molecule has 2 fully saturated rings. The maximum absolute atomic E-state index is 12.1. The molecule has 0 atom stereocenters. The highest BCUT2D eigenvalue weighted by Gasteiger charge is 2.52. The van der Waals surface area contributed by atoms with Crippen LogP contribution in [0.4, 0.5) is 0 Å². The van der Waals surface area contributed by atoms with Crippen molar-refractivity contribution in [2.75, 3.05) is 0 Å². The van der Waals surface area contributed by atoms with Crippen molar-refractivity contribution in [1.82, 2.24) is 5.32 Å². The number of carbonyl (C=O) groups is 1. The van der Waals surface area contributed by atoms with Crippen molar-refractivity contribution in [2.24, 2.45) is 0 Å². The van der Waals surface area contributed by atoms with Crippen LogP contribution in [0, 0.1) is 6.92 Å². The monoisotopic (exact) mass is 301 g/mol. The third-order valence-corrected chi connectivity index (χ3v) is 4.95. The molecule has 0 unspecified atom stereocenters. The third-order valence-electron chi connectivity index (χ3n) is 4.95. The van der Waals surface area contributed by atoms with E-state index in [2.05, 4.69) is 5.32 Å². The highest BCUT2D eigenvalue weighted by molar-refractivity contribution is 6.62. The fraction of sp³-hybridized carbons (Fsp3) is 0.588. The Balaban J connectivity index is 1.79.